The normalized spacial score (nSPS) is 14.4. The summed E-state index contributed by atoms with van der Waals surface area (Å²) >= 11 is 7.59. The van der Waals surface area contributed by atoms with E-state index in [4.69, 9.17) is 16.3 Å². The fourth-order valence-electron chi connectivity index (χ4n) is 3.32. The highest BCUT2D eigenvalue weighted by molar-refractivity contribution is 7.15. The lowest BCUT2D eigenvalue weighted by Gasteiger charge is -2.33. The van der Waals surface area contributed by atoms with Crippen molar-refractivity contribution in [1.29, 1.82) is 0 Å². The summed E-state index contributed by atoms with van der Waals surface area (Å²) in [4.78, 5) is 40.5. The predicted octanol–water partition coefficient (Wildman–Crippen LogP) is 3.35. The van der Waals surface area contributed by atoms with Crippen LogP contribution in [-0.4, -0.2) is 66.9 Å². The number of hydrogen-bond donors (Lipinski definition) is 1. The van der Waals surface area contributed by atoms with E-state index in [1.54, 1.807) is 30.2 Å². The first-order valence-electron chi connectivity index (χ1n) is 9.72. The van der Waals surface area contributed by atoms with Gasteiger partial charge in [0.2, 0.25) is 11.8 Å². The van der Waals surface area contributed by atoms with Crippen molar-refractivity contribution in [3.63, 3.8) is 0 Å². The largest absolute Gasteiger partial charge is 0.462 e. The first-order valence-corrected chi connectivity index (χ1v) is 11.0. The third kappa shape index (κ3) is 5.19. The molecule has 0 atom stereocenters. The fraction of sp³-hybridized carbons (Fsp3) is 0.381. The van der Waals surface area contributed by atoms with Crippen LogP contribution in [0, 0.1) is 0 Å². The smallest absolute Gasteiger partial charge is 0.341 e. The standard InChI is InChI=1S/C21H24ClN3O4S/c1-3-29-21(28)19-16(15-6-4-5-7-17(15)22)13-30-20(19)23-18(27)12-24-8-10-25(11-9-24)14(2)26/h4-7,13H,3,8-12H2,1-2H3,(H,23,27). The van der Waals surface area contributed by atoms with Crippen molar-refractivity contribution in [2.75, 3.05) is 44.6 Å². The van der Waals surface area contributed by atoms with E-state index in [0.29, 0.717) is 52.9 Å². The Bertz CT molecular complexity index is 938. The van der Waals surface area contributed by atoms with Gasteiger partial charge in [-0.2, -0.15) is 0 Å². The molecule has 2 aromatic rings. The highest BCUT2D eigenvalue weighted by Crippen LogP contribution is 2.39. The van der Waals surface area contributed by atoms with Crippen molar-refractivity contribution in [3.8, 4) is 11.1 Å². The number of piperazine rings is 1. The van der Waals surface area contributed by atoms with E-state index >= 15 is 0 Å². The molecule has 0 radical (unpaired) electrons. The van der Waals surface area contributed by atoms with Gasteiger partial charge in [0.05, 0.1) is 13.2 Å². The number of hydrogen-bond acceptors (Lipinski definition) is 6. The summed E-state index contributed by atoms with van der Waals surface area (Å²) in [5.41, 5.74) is 1.65. The van der Waals surface area contributed by atoms with Gasteiger partial charge >= 0.3 is 5.97 Å². The molecule has 1 saturated heterocycles. The van der Waals surface area contributed by atoms with Crippen molar-refractivity contribution in [2.45, 2.75) is 13.8 Å². The van der Waals surface area contributed by atoms with Crippen LogP contribution in [0.2, 0.25) is 5.02 Å². The Morgan fingerprint density at radius 2 is 1.83 bits per heavy atom. The van der Waals surface area contributed by atoms with E-state index < -0.39 is 5.97 Å². The minimum absolute atomic E-state index is 0.0452. The van der Waals surface area contributed by atoms with Gasteiger partial charge in [0.1, 0.15) is 10.6 Å². The lowest BCUT2D eigenvalue weighted by molar-refractivity contribution is -0.130. The molecule has 0 unspecified atom stereocenters. The van der Waals surface area contributed by atoms with Crippen molar-refractivity contribution < 1.29 is 19.1 Å². The van der Waals surface area contributed by atoms with Crippen LogP contribution in [0.25, 0.3) is 11.1 Å². The SMILES string of the molecule is CCOC(=O)c1c(-c2ccccc2Cl)csc1NC(=O)CN1CCN(C(C)=O)CC1. The summed E-state index contributed by atoms with van der Waals surface area (Å²) in [5, 5.41) is 5.61. The van der Waals surface area contributed by atoms with E-state index in [2.05, 4.69) is 5.32 Å². The summed E-state index contributed by atoms with van der Waals surface area (Å²) in [6.45, 7) is 6.17. The molecule has 0 aliphatic carbocycles. The van der Waals surface area contributed by atoms with Gasteiger partial charge in [-0.3, -0.25) is 14.5 Å². The number of carbonyl (C=O) groups is 3. The van der Waals surface area contributed by atoms with Crippen molar-refractivity contribution in [3.05, 3.63) is 40.2 Å². The third-order valence-corrected chi connectivity index (χ3v) is 6.10. The molecule has 0 saturated carbocycles. The monoisotopic (exact) mass is 449 g/mol. The van der Waals surface area contributed by atoms with Crippen LogP contribution in [0.4, 0.5) is 5.00 Å². The number of amides is 2. The molecule has 3 rings (SSSR count). The molecule has 2 amide bonds. The maximum atomic E-state index is 12.6. The Morgan fingerprint density at radius 3 is 2.47 bits per heavy atom. The van der Waals surface area contributed by atoms with E-state index in [1.807, 2.05) is 23.1 Å². The fourth-order valence-corrected chi connectivity index (χ4v) is 4.53. The Morgan fingerprint density at radius 1 is 1.13 bits per heavy atom. The summed E-state index contributed by atoms with van der Waals surface area (Å²) in [6.07, 6.45) is 0. The van der Waals surface area contributed by atoms with Gasteiger partial charge in [-0.25, -0.2) is 4.79 Å². The summed E-state index contributed by atoms with van der Waals surface area (Å²) in [6, 6.07) is 7.24. The van der Waals surface area contributed by atoms with E-state index in [1.165, 1.54) is 11.3 Å². The Labute approximate surface area is 184 Å². The number of nitrogens with zero attached hydrogens (tertiary/aromatic N) is 2. The quantitative estimate of drug-likeness (QED) is 0.684. The summed E-state index contributed by atoms with van der Waals surface area (Å²) < 4.78 is 5.22. The van der Waals surface area contributed by atoms with Crippen LogP contribution in [0.5, 0.6) is 0 Å². The van der Waals surface area contributed by atoms with Gasteiger partial charge in [0, 0.05) is 54.6 Å². The number of rotatable bonds is 6. The number of ether oxygens (including phenoxy) is 1. The molecule has 2 heterocycles. The number of nitrogens with one attached hydrogen (secondary N) is 1. The van der Waals surface area contributed by atoms with Gasteiger partial charge in [0.25, 0.3) is 0 Å². The molecule has 1 aromatic heterocycles. The van der Waals surface area contributed by atoms with Crippen LogP contribution in [0.15, 0.2) is 29.6 Å². The maximum Gasteiger partial charge on any atom is 0.341 e. The van der Waals surface area contributed by atoms with Crippen LogP contribution in [-0.2, 0) is 14.3 Å². The van der Waals surface area contributed by atoms with Crippen molar-refractivity contribution in [2.24, 2.45) is 0 Å². The average molecular weight is 450 g/mol. The first-order chi connectivity index (χ1) is 14.4. The number of halogens is 1. The molecule has 1 aliphatic rings. The zero-order chi connectivity index (χ0) is 21.7. The van der Waals surface area contributed by atoms with Crippen molar-refractivity contribution in [1.82, 2.24) is 9.80 Å². The molecule has 1 aromatic carbocycles. The second-order valence-electron chi connectivity index (χ2n) is 6.88. The highest BCUT2D eigenvalue weighted by Gasteiger charge is 2.25. The summed E-state index contributed by atoms with van der Waals surface area (Å²) in [7, 11) is 0. The van der Waals surface area contributed by atoms with Crippen LogP contribution < -0.4 is 5.32 Å². The van der Waals surface area contributed by atoms with Crippen LogP contribution in [0.3, 0.4) is 0 Å². The van der Waals surface area contributed by atoms with Gasteiger partial charge < -0.3 is 15.0 Å². The molecular formula is C21H24ClN3O4S. The molecule has 0 spiro atoms. The zero-order valence-electron chi connectivity index (χ0n) is 16.9. The Balaban J connectivity index is 1.75. The van der Waals surface area contributed by atoms with E-state index in [-0.39, 0.29) is 25.0 Å². The van der Waals surface area contributed by atoms with Gasteiger partial charge in [-0.05, 0) is 13.0 Å². The van der Waals surface area contributed by atoms with Gasteiger partial charge in [0.15, 0.2) is 0 Å². The van der Waals surface area contributed by atoms with Crippen LogP contribution >= 0.6 is 22.9 Å². The second-order valence-corrected chi connectivity index (χ2v) is 8.17. The molecule has 7 nitrogen and oxygen atoms in total. The molecule has 0 bridgehead atoms. The van der Waals surface area contributed by atoms with Crippen LogP contribution in [0.1, 0.15) is 24.2 Å². The minimum Gasteiger partial charge on any atom is -0.462 e. The number of anilines is 1. The number of thiophene rings is 1. The molecule has 1 fully saturated rings. The van der Waals surface area contributed by atoms with E-state index in [9.17, 15) is 14.4 Å². The van der Waals surface area contributed by atoms with Gasteiger partial charge in [-0.1, -0.05) is 29.8 Å². The average Bonchev–Trinajstić information content (AvgIpc) is 3.12. The predicted molar refractivity (Wildman–Crippen MR) is 118 cm³/mol. The third-order valence-electron chi connectivity index (χ3n) is 4.87. The maximum absolute atomic E-state index is 12.6. The number of benzene rings is 1. The second kappa shape index (κ2) is 10.1. The number of esters is 1. The zero-order valence-corrected chi connectivity index (χ0v) is 18.5. The molecule has 160 valence electrons. The minimum atomic E-state index is -0.501. The molecular weight excluding hydrogens is 426 g/mol. The topological polar surface area (TPSA) is 79.0 Å². The molecule has 9 heteroatoms. The highest BCUT2D eigenvalue weighted by atomic mass is 35.5. The van der Waals surface area contributed by atoms with E-state index in [0.717, 1.165) is 0 Å². The molecule has 1 aliphatic heterocycles. The Hall–Kier alpha value is -2.42. The lowest BCUT2D eigenvalue weighted by atomic mass is 10.0. The molecule has 30 heavy (non-hydrogen) atoms. The molecule has 1 N–H and O–H groups in total. The lowest BCUT2D eigenvalue weighted by Crippen LogP contribution is -2.49. The Kier molecular flexibility index (Phi) is 7.47. The summed E-state index contributed by atoms with van der Waals surface area (Å²) in [5.74, 6) is -0.674. The van der Waals surface area contributed by atoms with Gasteiger partial charge in [-0.15, -0.1) is 11.3 Å². The van der Waals surface area contributed by atoms with Crippen molar-refractivity contribution >= 4 is 45.7 Å². The first kappa shape index (κ1) is 22.3. The number of carbonyl (C=O) groups excluding carboxylic acids is 3.